The van der Waals surface area contributed by atoms with Gasteiger partial charge >= 0.3 is 24.3 Å². The third-order valence-corrected chi connectivity index (χ3v) is 3.53. The number of aryl methyl sites for hydroxylation is 1. The number of hydrogen-bond acceptors (Lipinski definition) is 8. The van der Waals surface area contributed by atoms with Gasteiger partial charge in [-0.25, -0.2) is 14.6 Å². The summed E-state index contributed by atoms with van der Waals surface area (Å²) in [4.78, 5) is 28.3. The second-order valence-electron chi connectivity index (χ2n) is 6.17. The molecule has 0 unspecified atom stereocenters. The van der Waals surface area contributed by atoms with E-state index in [1.807, 2.05) is 13.0 Å². The number of carboxylic acid groups (broad SMARTS) is 2. The summed E-state index contributed by atoms with van der Waals surface area (Å²) >= 11 is 0. The van der Waals surface area contributed by atoms with Crippen LogP contribution >= 0.6 is 0 Å². The van der Waals surface area contributed by atoms with E-state index in [0.29, 0.717) is 0 Å². The number of halogens is 6. The summed E-state index contributed by atoms with van der Waals surface area (Å²) < 4.78 is 63.5. The van der Waals surface area contributed by atoms with Crippen LogP contribution in [0, 0.1) is 6.92 Å². The largest absolute Gasteiger partial charge is 0.490 e. The highest BCUT2D eigenvalue weighted by Gasteiger charge is 2.38. The molecule has 2 aromatic rings. The van der Waals surface area contributed by atoms with Gasteiger partial charge in [0.05, 0.1) is 17.6 Å². The monoisotopic (exact) mass is 473 g/mol. The van der Waals surface area contributed by atoms with E-state index < -0.39 is 24.3 Å². The molecule has 0 aliphatic carbocycles. The van der Waals surface area contributed by atoms with Crippen LogP contribution in [0.15, 0.2) is 12.3 Å². The van der Waals surface area contributed by atoms with Crippen molar-refractivity contribution in [3.63, 3.8) is 0 Å². The van der Waals surface area contributed by atoms with Gasteiger partial charge in [0.2, 0.25) is 5.95 Å². The summed E-state index contributed by atoms with van der Waals surface area (Å²) in [7, 11) is 0. The number of carbonyl (C=O) groups is 2. The van der Waals surface area contributed by atoms with Gasteiger partial charge in [0.15, 0.2) is 0 Å². The Labute approximate surface area is 175 Å². The number of rotatable bonds is 2. The van der Waals surface area contributed by atoms with Crippen LogP contribution in [0.4, 0.5) is 38.1 Å². The molecule has 3 rings (SSSR count). The van der Waals surface area contributed by atoms with Crippen LogP contribution in [0.5, 0.6) is 0 Å². The molecule has 0 atom stereocenters. The van der Waals surface area contributed by atoms with Gasteiger partial charge in [-0.3, -0.25) is 5.10 Å². The van der Waals surface area contributed by atoms with Crippen LogP contribution in [0.3, 0.4) is 0 Å². The number of aromatic amines is 1. The number of H-pyrrole nitrogens is 1. The lowest BCUT2D eigenvalue weighted by molar-refractivity contribution is -0.193. The molecule has 0 aromatic carbocycles. The van der Waals surface area contributed by atoms with Crippen molar-refractivity contribution >= 4 is 23.7 Å². The lowest BCUT2D eigenvalue weighted by atomic mass is 10.1. The molecular weight excluding hydrogens is 456 g/mol. The van der Waals surface area contributed by atoms with Gasteiger partial charge in [0.25, 0.3) is 0 Å². The van der Waals surface area contributed by atoms with Gasteiger partial charge in [-0.1, -0.05) is 0 Å². The second-order valence-corrected chi connectivity index (χ2v) is 6.17. The lowest BCUT2D eigenvalue weighted by Crippen LogP contribution is -2.56. The minimum absolute atomic E-state index is 0.221. The Bertz CT molecular complexity index is 917. The Hall–Kier alpha value is -3.63. The van der Waals surface area contributed by atoms with Crippen molar-refractivity contribution < 1.29 is 46.1 Å². The summed E-state index contributed by atoms with van der Waals surface area (Å²) in [5, 5.41) is 21.2. The van der Waals surface area contributed by atoms with Crippen LogP contribution < -0.4 is 16.4 Å². The van der Waals surface area contributed by atoms with E-state index in [-0.39, 0.29) is 12.0 Å². The first-order valence-electron chi connectivity index (χ1n) is 8.28. The van der Waals surface area contributed by atoms with Crippen LogP contribution in [0.2, 0.25) is 0 Å². The molecule has 11 nitrogen and oxygen atoms in total. The van der Waals surface area contributed by atoms with Crippen molar-refractivity contribution in [3.8, 4) is 11.4 Å². The number of nitrogens with zero attached hydrogens (tertiary/aromatic N) is 4. The molecule has 1 aliphatic rings. The molecule has 1 saturated heterocycles. The zero-order valence-electron chi connectivity index (χ0n) is 16.1. The maximum Gasteiger partial charge on any atom is 0.490 e. The fraction of sp³-hybridized carbons (Fsp3) is 0.400. The second kappa shape index (κ2) is 10.1. The molecule has 3 heterocycles. The third kappa shape index (κ3) is 7.89. The zero-order chi connectivity index (χ0) is 24.9. The van der Waals surface area contributed by atoms with Crippen molar-refractivity contribution in [3.05, 3.63) is 17.8 Å². The van der Waals surface area contributed by atoms with E-state index in [2.05, 4.69) is 25.1 Å². The van der Waals surface area contributed by atoms with Gasteiger partial charge < -0.3 is 26.6 Å². The first kappa shape index (κ1) is 26.4. The predicted molar refractivity (Wildman–Crippen MR) is 96.3 cm³/mol. The van der Waals surface area contributed by atoms with Crippen molar-refractivity contribution in [2.24, 2.45) is 5.73 Å². The molecule has 32 heavy (non-hydrogen) atoms. The zero-order valence-corrected chi connectivity index (χ0v) is 16.1. The van der Waals surface area contributed by atoms with Crippen LogP contribution in [0.1, 0.15) is 5.56 Å². The molecule has 0 radical (unpaired) electrons. The highest BCUT2D eigenvalue weighted by molar-refractivity contribution is 5.73. The molecule has 0 bridgehead atoms. The Balaban J connectivity index is 0.000000305. The number of nitrogens with two attached hydrogens (primary N) is 2. The summed E-state index contributed by atoms with van der Waals surface area (Å²) in [5.74, 6) is -4.44. The molecule has 17 heteroatoms. The molecule has 1 fully saturated rings. The van der Waals surface area contributed by atoms with Crippen LogP contribution in [-0.4, -0.2) is 73.8 Å². The van der Waals surface area contributed by atoms with E-state index in [1.54, 1.807) is 6.20 Å². The maximum absolute atomic E-state index is 10.6. The quantitative estimate of drug-likeness (QED) is 0.397. The van der Waals surface area contributed by atoms with E-state index in [4.69, 9.17) is 31.3 Å². The molecule has 0 amide bonds. The maximum atomic E-state index is 10.6. The third-order valence-electron chi connectivity index (χ3n) is 3.53. The Morgan fingerprint density at radius 1 is 1.09 bits per heavy atom. The Morgan fingerprint density at radius 3 is 1.91 bits per heavy atom. The SMILES string of the molecule is Cc1cn[nH]c1-c1cc(N2CC(N)C2)nc(N)n1.O=C(O)C(F)(F)F.O=C(O)C(F)(F)F. The number of alkyl halides is 6. The average molecular weight is 473 g/mol. The normalized spacial score (nSPS) is 13.8. The molecule has 1 aliphatic heterocycles. The molecule has 0 spiro atoms. The highest BCUT2D eigenvalue weighted by atomic mass is 19.4. The summed E-state index contributed by atoms with van der Waals surface area (Å²) in [6.45, 7) is 3.58. The van der Waals surface area contributed by atoms with Crippen molar-refractivity contribution in [2.45, 2.75) is 25.3 Å². The molecule has 178 valence electrons. The van der Waals surface area contributed by atoms with E-state index in [9.17, 15) is 26.3 Å². The molecule has 2 aromatic heterocycles. The number of aliphatic carboxylic acids is 2. The van der Waals surface area contributed by atoms with Gasteiger partial charge in [0, 0.05) is 25.2 Å². The molecule has 0 saturated carbocycles. The predicted octanol–water partition coefficient (Wildman–Crippen LogP) is 1.17. The van der Waals surface area contributed by atoms with Crippen molar-refractivity contribution in [1.82, 2.24) is 20.2 Å². The number of nitrogen functional groups attached to an aromatic ring is 1. The minimum Gasteiger partial charge on any atom is -0.475 e. The van der Waals surface area contributed by atoms with Crippen LogP contribution in [-0.2, 0) is 9.59 Å². The topological polar surface area (TPSA) is 184 Å². The van der Waals surface area contributed by atoms with Crippen LogP contribution in [0.25, 0.3) is 11.4 Å². The standard InChI is InChI=1S/C11H15N7.2C2HF3O2/c1-6-3-14-17-10(6)8-2-9(16-11(13)15-8)18-4-7(12)5-18;2*3-2(4,5)1(6)7/h2-3,7H,4-5,12H2,1H3,(H,14,17)(H2,13,15,16);2*(H,6,7). The number of anilines is 2. The highest BCUT2D eigenvalue weighted by Crippen LogP contribution is 2.25. The number of nitrogens with one attached hydrogen (secondary N) is 1. The summed E-state index contributed by atoms with van der Waals surface area (Å²) in [6.07, 6.45) is -8.41. The van der Waals surface area contributed by atoms with Gasteiger partial charge in [0.1, 0.15) is 5.82 Å². The van der Waals surface area contributed by atoms with Crippen molar-refractivity contribution in [2.75, 3.05) is 23.7 Å². The first-order chi connectivity index (χ1) is 14.5. The molecular formula is C15H17F6N7O4. The Kier molecular flexibility index (Phi) is 8.35. The van der Waals surface area contributed by atoms with Crippen molar-refractivity contribution in [1.29, 1.82) is 0 Å². The number of hydrogen-bond donors (Lipinski definition) is 5. The lowest BCUT2D eigenvalue weighted by Gasteiger charge is -2.37. The molecule has 7 N–H and O–H groups in total. The fourth-order valence-corrected chi connectivity index (χ4v) is 2.05. The van der Waals surface area contributed by atoms with Gasteiger partial charge in [-0.05, 0) is 12.5 Å². The summed E-state index contributed by atoms with van der Waals surface area (Å²) in [5.41, 5.74) is 14.2. The van der Waals surface area contributed by atoms with Gasteiger partial charge in [-0.2, -0.15) is 36.4 Å². The summed E-state index contributed by atoms with van der Waals surface area (Å²) in [6, 6.07) is 2.13. The number of aromatic nitrogens is 4. The fourth-order valence-electron chi connectivity index (χ4n) is 2.05. The van der Waals surface area contributed by atoms with E-state index in [0.717, 1.165) is 35.9 Å². The first-order valence-corrected chi connectivity index (χ1v) is 8.28. The number of carboxylic acids is 2. The van der Waals surface area contributed by atoms with Gasteiger partial charge in [-0.15, -0.1) is 0 Å². The smallest absolute Gasteiger partial charge is 0.475 e. The average Bonchev–Trinajstić information content (AvgIpc) is 3.04. The Morgan fingerprint density at radius 2 is 1.56 bits per heavy atom. The van der Waals surface area contributed by atoms with E-state index >= 15 is 0 Å². The minimum atomic E-state index is -5.08. The van der Waals surface area contributed by atoms with E-state index in [1.165, 1.54) is 0 Å².